The van der Waals surface area contributed by atoms with E-state index in [9.17, 15) is 0 Å². The van der Waals surface area contributed by atoms with Crippen molar-refractivity contribution in [3.05, 3.63) is 23.8 Å². The predicted octanol–water partition coefficient (Wildman–Crippen LogP) is 2.56. The monoisotopic (exact) mass is 263 g/mol. The van der Waals surface area contributed by atoms with Crippen molar-refractivity contribution in [3.8, 4) is 0 Å². The molecule has 1 heterocycles. The number of rotatable bonds is 5. The Morgan fingerprint density at radius 1 is 1.37 bits per heavy atom. The van der Waals surface area contributed by atoms with Gasteiger partial charge in [0.25, 0.3) is 0 Å². The quantitative estimate of drug-likeness (QED) is 0.887. The highest BCUT2D eigenvalue weighted by Crippen LogP contribution is 2.38. The number of hydrogen-bond donors (Lipinski definition) is 1. The Labute approximate surface area is 115 Å². The van der Waals surface area contributed by atoms with Crippen LogP contribution in [0.3, 0.4) is 0 Å². The molecule has 19 heavy (non-hydrogen) atoms. The fourth-order valence-corrected chi connectivity index (χ4v) is 2.89. The molecule has 4 heteroatoms. The van der Waals surface area contributed by atoms with Gasteiger partial charge >= 0.3 is 0 Å². The molecule has 0 aliphatic heterocycles. The van der Waals surface area contributed by atoms with E-state index >= 15 is 0 Å². The average molecular weight is 263 g/mol. The first-order valence-electron chi connectivity index (χ1n) is 7.38. The Kier molecular flexibility index (Phi) is 4.88. The molecular weight excluding hydrogens is 238 g/mol. The Morgan fingerprint density at radius 2 is 2.11 bits per heavy atom. The number of nitrogens with zero attached hydrogens (tertiary/aromatic N) is 2. The van der Waals surface area contributed by atoms with E-state index in [0.717, 1.165) is 30.8 Å². The van der Waals surface area contributed by atoms with Crippen LogP contribution >= 0.6 is 0 Å². The zero-order valence-electron chi connectivity index (χ0n) is 12.1. The molecule has 1 unspecified atom stereocenters. The van der Waals surface area contributed by atoms with E-state index in [1.54, 1.807) is 0 Å². The molecule has 0 amide bonds. The molecule has 0 saturated heterocycles. The van der Waals surface area contributed by atoms with Crippen LogP contribution in [0.5, 0.6) is 0 Å². The van der Waals surface area contributed by atoms with Crippen LogP contribution in [0.4, 0.5) is 0 Å². The van der Waals surface area contributed by atoms with Crippen molar-refractivity contribution in [1.29, 1.82) is 0 Å². The topological polar surface area (TPSA) is 61.0 Å². The van der Waals surface area contributed by atoms with Gasteiger partial charge in [0.05, 0.1) is 0 Å². The lowest BCUT2D eigenvalue weighted by atomic mass is 9.83. The standard InChI is InChI=1S/C15H25N3O/c1-3-19-15(8-5-4-6-9-15)14-17-10-7-13(18-14)11-12(2)16/h7,10,12H,3-6,8-9,11,16H2,1-2H3. The van der Waals surface area contributed by atoms with Gasteiger partial charge in [-0.2, -0.15) is 0 Å². The van der Waals surface area contributed by atoms with Crippen LogP contribution in [-0.2, 0) is 16.8 Å². The predicted molar refractivity (Wildman–Crippen MR) is 75.8 cm³/mol. The second-order valence-corrected chi connectivity index (χ2v) is 5.54. The third kappa shape index (κ3) is 3.51. The summed E-state index contributed by atoms with van der Waals surface area (Å²) >= 11 is 0. The molecule has 0 radical (unpaired) electrons. The fourth-order valence-electron chi connectivity index (χ4n) is 2.89. The van der Waals surface area contributed by atoms with Gasteiger partial charge in [-0.1, -0.05) is 19.3 Å². The number of aromatic nitrogens is 2. The molecule has 1 saturated carbocycles. The first kappa shape index (κ1) is 14.4. The third-order valence-electron chi connectivity index (χ3n) is 3.73. The normalized spacial score (nSPS) is 20.2. The van der Waals surface area contributed by atoms with Crippen molar-refractivity contribution >= 4 is 0 Å². The zero-order chi connectivity index (χ0) is 13.7. The van der Waals surface area contributed by atoms with Crippen LogP contribution < -0.4 is 5.73 Å². The van der Waals surface area contributed by atoms with Crippen molar-refractivity contribution in [2.75, 3.05) is 6.61 Å². The molecule has 2 rings (SSSR count). The largest absolute Gasteiger partial charge is 0.367 e. The van der Waals surface area contributed by atoms with Crippen LogP contribution in [0, 0.1) is 0 Å². The minimum absolute atomic E-state index is 0.122. The molecule has 0 aromatic carbocycles. The van der Waals surface area contributed by atoms with E-state index < -0.39 is 0 Å². The summed E-state index contributed by atoms with van der Waals surface area (Å²) in [4.78, 5) is 9.20. The van der Waals surface area contributed by atoms with Gasteiger partial charge in [0.15, 0.2) is 5.82 Å². The summed E-state index contributed by atoms with van der Waals surface area (Å²) in [7, 11) is 0. The maximum Gasteiger partial charge on any atom is 0.160 e. The van der Waals surface area contributed by atoms with Gasteiger partial charge in [0.2, 0.25) is 0 Å². The van der Waals surface area contributed by atoms with Crippen molar-refractivity contribution in [2.45, 2.75) is 64.0 Å². The van der Waals surface area contributed by atoms with Crippen molar-refractivity contribution < 1.29 is 4.74 Å². The van der Waals surface area contributed by atoms with Crippen LogP contribution in [0.1, 0.15) is 57.5 Å². The van der Waals surface area contributed by atoms with Gasteiger partial charge < -0.3 is 10.5 Å². The van der Waals surface area contributed by atoms with E-state index in [1.165, 1.54) is 19.3 Å². The summed E-state index contributed by atoms with van der Waals surface area (Å²) in [5.74, 6) is 0.854. The van der Waals surface area contributed by atoms with E-state index in [1.807, 2.05) is 26.1 Å². The second-order valence-electron chi connectivity index (χ2n) is 5.54. The summed E-state index contributed by atoms with van der Waals surface area (Å²) in [6, 6.07) is 2.08. The third-order valence-corrected chi connectivity index (χ3v) is 3.73. The van der Waals surface area contributed by atoms with Gasteiger partial charge in [-0.3, -0.25) is 0 Å². The molecule has 1 aliphatic carbocycles. The molecule has 4 nitrogen and oxygen atoms in total. The van der Waals surface area contributed by atoms with E-state index in [-0.39, 0.29) is 11.6 Å². The maximum atomic E-state index is 6.06. The summed E-state index contributed by atoms with van der Waals surface area (Å²) in [6.07, 6.45) is 8.37. The second kappa shape index (κ2) is 6.44. The zero-order valence-corrected chi connectivity index (χ0v) is 12.1. The minimum atomic E-state index is -0.263. The smallest absolute Gasteiger partial charge is 0.160 e. The molecule has 106 valence electrons. The SMILES string of the molecule is CCOC1(c2nccc(CC(C)N)n2)CCCCC1. The minimum Gasteiger partial charge on any atom is -0.367 e. The van der Waals surface area contributed by atoms with Gasteiger partial charge in [0.1, 0.15) is 5.60 Å². The van der Waals surface area contributed by atoms with Crippen LogP contribution in [0.25, 0.3) is 0 Å². The first-order valence-corrected chi connectivity index (χ1v) is 7.38. The highest BCUT2D eigenvalue weighted by atomic mass is 16.5. The average Bonchev–Trinajstić information content (AvgIpc) is 2.40. The summed E-state index contributed by atoms with van der Waals surface area (Å²) in [6.45, 7) is 4.75. The van der Waals surface area contributed by atoms with Crippen LogP contribution in [0.2, 0.25) is 0 Å². The Balaban J connectivity index is 2.25. The number of nitrogens with two attached hydrogens (primary N) is 1. The Morgan fingerprint density at radius 3 is 2.74 bits per heavy atom. The number of ether oxygens (including phenoxy) is 1. The van der Waals surface area contributed by atoms with Crippen molar-refractivity contribution in [3.63, 3.8) is 0 Å². The summed E-state index contributed by atoms with van der Waals surface area (Å²) in [5, 5.41) is 0. The molecule has 1 aromatic heterocycles. The lowest BCUT2D eigenvalue weighted by Crippen LogP contribution is -2.35. The van der Waals surface area contributed by atoms with Crippen LogP contribution in [0.15, 0.2) is 12.3 Å². The van der Waals surface area contributed by atoms with Gasteiger partial charge in [-0.15, -0.1) is 0 Å². The molecular formula is C15H25N3O. The molecule has 0 spiro atoms. The van der Waals surface area contributed by atoms with Gasteiger partial charge in [-0.05, 0) is 32.8 Å². The highest BCUT2D eigenvalue weighted by Gasteiger charge is 2.37. The van der Waals surface area contributed by atoms with E-state index in [4.69, 9.17) is 15.5 Å². The fraction of sp³-hybridized carbons (Fsp3) is 0.733. The van der Waals surface area contributed by atoms with Crippen molar-refractivity contribution in [1.82, 2.24) is 9.97 Å². The maximum absolute atomic E-state index is 6.06. The first-order chi connectivity index (χ1) is 9.16. The lowest BCUT2D eigenvalue weighted by molar-refractivity contribution is -0.0768. The highest BCUT2D eigenvalue weighted by molar-refractivity contribution is 5.10. The van der Waals surface area contributed by atoms with Gasteiger partial charge in [-0.25, -0.2) is 9.97 Å². The van der Waals surface area contributed by atoms with Gasteiger partial charge in [0, 0.05) is 31.0 Å². The molecule has 2 N–H and O–H groups in total. The van der Waals surface area contributed by atoms with E-state index in [0.29, 0.717) is 6.61 Å². The molecule has 1 fully saturated rings. The molecule has 1 aromatic rings. The van der Waals surface area contributed by atoms with E-state index in [2.05, 4.69) is 4.98 Å². The lowest BCUT2D eigenvalue weighted by Gasteiger charge is -2.35. The van der Waals surface area contributed by atoms with Crippen LogP contribution in [-0.4, -0.2) is 22.6 Å². The summed E-state index contributed by atoms with van der Waals surface area (Å²) < 4.78 is 6.06. The van der Waals surface area contributed by atoms with Crippen molar-refractivity contribution in [2.24, 2.45) is 5.73 Å². The Hall–Kier alpha value is -1.00. The number of hydrogen-bond acceptors (Lipinski definition) is 4. The molecule has 1 atom stereocenters. The molecule has 1 aliphatic rings. The summed E-state index contributed by atoms with van der Waals surface area (Å²) in [5.41, 5.74) is 6.61. The Bertz CT molecular complexity index is 395. The molecule has 0 bridgehead atoms.